The molecular weight excluding hydrogens is 312 g/mol. The van der Waals surface area contributed by atoms with Gasteiger partial charge < -0.3 is 9.84 Å². The highest BCUT2D eigenvalue weighted by Crippen LogP contribution is 2.22. The summed E-state index contributed by atoms with van der Waals surface area (Å²) in [4.78, 5) is 18.7. The van der Waals surface area contributed by atoms with Crippen molar-refractivity contribution >= 4 is 17.7 Å². The van der Waals surface area contributed by atoms with E-state index in [0.717, 1.165) is 11.1 Å². The average Bonchev–Trinajstić information content (AvgIpc) is 2.95. The van der Waals surface area contributed by atoms with Crippen molar-refractivity contribution in [3.63, 3.8) is 0 Å². The number of nitrogens with zero attached hydrogens (tertiary/aromatic N) is 3. The van der Waals surface area contributed by atoms with Gasteiger partial charge in [0.15, 0.2) is 5.82 Å². The van der Waals surface area contributed by atoms with E-state index < -0.39 is 0 Å². The van der Waals surface area contributed by atoms with Crippen molar-refractivity contribution in [3.8, 4) is 0 Å². The Kier molecular flexibility index (Phi) is 6.18. The van der Waals surface area contributed by atoms with Crippen LogP contribution in [0.25, 0.3) is 0 Å². The second kappa shape index (κ2) is 8.12. The van der Waals surface area contributed by atoms with Crippen molar-refractivity contribution in [1.82, 2.24) is 20.4 Å². The molecule has 7 heteroatoms. The topological polar surface area (TPSA) is 71.3 Å². The number of rotatable bonds is 7. The fourth-order valence-electron chi connectivity index (χ4n) is 2.36. The number of amides is 1. The number of hydrogen-bond donors (Lipinski definition) is 1. The first-order valence-corrected chi connectivity index (χ1v) is 8.72. The molecule has 0 spiro atoms. The molecule has 0 aliphatic rings. The molecule has 0 unspecified atom stereocenters. The van der Waals surface area contributed by atoms with Crippen LogP contribution < -0.4 is 5.32 Å². The van der Waals surface area contributed by atoms with Gasteiger partial charge in [0, 0.05) is 0 Å². The van der Waals surface area contributed by atoms with Gasteiger partial charge in [-0.2, -0.15) is 16.7 Å². The Bertz CT molecular complexity index is 657. The lowest BCUT2D eigenvalue weighted by molar-refractivity contribution is -0.126. The van der Waals surface area contributed by atoms with Gasteiger partial charge in [-0.3, -0.25) is 9.69 Å². The summed E-state index contributed by atoms with van der Waals surface area (Å²) in [5, 5.41) is 6.75. The molecule has 1 atom stereocenters. The minimum absolute atomic E-state index is 0.0890. The van der Waals surface area contributed by atoms with Crippen molar-refractivity contribution in [2.24, 2.45) is 0 Å². The van der Waals surface area contributed by atoms with Gasteiger partial charge >= 0.3 is 0 Å². The maximum absolute atomic E-state index is 12.6. The van der Waals surface area contributed by atoms with Gasteiger partial charge in [-0.15, -0.1) is 0 Å². The third-order valence-corrected chi connectivity index (χ3v) is 3.99. The number of aryl methyl sites for hydroxylation is 1. The fraction of sp³-hybridized carbons (Fsp3) is 0.438. The molecule has 0 fully saturated rings. The highest BCUT2D eigenvalue weighted by atomic mass is 32.2. The largest absolute Gasteiger partial charge is 0.345 e. The first-order valence-electron chi connectivity index (χ1n) is 7.33. The Morgan fingerprint density at radius 2 is 2.13 bits per heavy atom. The zero-order valence-corrected chi connectivity index (χ0v) is 14.7. The molecule has 23 heavy (non-hydrogen) atoms. The number of aromatic nitrogens is 2. The van der Waals surface area contributed by atoms with Crippen molar-refractivity contribution in [3.05, 3.63) is 47.1 Å². The third-order valence-electron chi connectivity index (χ3n) is 3.45. The van der Waals surface area contributed by atoms with Crippen LogP contribution in [-0.4, -0.2) is 41.3 Å². The Morgan fingerprint density at radius 1 is 1.39 bits per heavy atom. The molecule has 1 aromatic carbocycles. The number of likely N-dealkylation sites (N-methyl/N-ethyl adjacent to an activating group) is 1. The minimum atomic E-state index is -0.357. The lowest BCUT2D eigenvalue weighted by atomic mass is 10.00. The monoisotopic (exact) mass is 334 g/mol. The van der Waals surface area contributed by atoms with E-state index in [0.29, 0.717) is 17.5 Å². The summed E-state index contributed by atoms with van der Waals surface area (Å²) in [7, 11) is 3.78. The predicted octanol–water partition coefficient (Wildman–Crippen LogP) is 2.16. The van der Waals surface area contributed by atoms with Gasteiger partial charge in [-0.1, -0.05) is 29.4 Å². The van der Waals surface area contributed by atoms with E-state index in [9.17, 15) is 4.79 Å². The molecule has 0 bridgehead atoms. The van der Waals surface area contributed by atoms with Gasteiger partial charge in [-0.25, -0.2) is 0 Å². The Labute approximate surface area is 140 Å². The normalized spacial score (nSPS) is 12.4. The molecule has 1 N–H and O–H groups in total. The summed E-state index contributed by atoms with van der Waals surface area (Å²) in [6.45, 7) is 2.24. The average molecular weight is 334 g/mol. The SMILES string of the molecule is CSCc1noc(CNC(=O)[C@H](c2ccccc2C)N(C)C)n1. The van der Waals surface area contributed by atoms with Crippen LogP contribution in [0.2, 0.25) is 0 Å². The third kappa shape index (κ3) is 4.56. The zero-order valence-electron chi connectivity index (χ0n) is 13.9. The van der Waals surface area contributed by atoms with Crippen LogP contribution in [0.4, 0.5) is 0 Å². The summed E-state index contributed by atoms with van der Waals surface area (Å²) in [6, 6.07) is 7.53. The van der Waals surface area contributed by atoms with E-state index in [2.05, 4.69) is 15.5 Å². The number of benzene rings is 1. The van der Waals surface area contributed by atoms with Gasteiger partial charge in [0.1, 0.15) is 6.04 Å². The van der Waals surface area contributed by atoms with Crippen molar-refractivity contribution in [2.75, 3.05) is 20.4 Å². The van der Waals surface area contributed by atoms with Crippen LogP contribution in [0, 0.1) is 6.92 Å². The lowest BCUT2D eigenvalue weighted by Crippen LogP contribution is -2.37. The Hall–Kier alpha value is -1.86. The molecule has 0 aliphatic heterocycles. The van der Waals surface area contributed by atoms with Crippen LogP contribution in [0.3, 0.4) is 0 Å². The summed E-state index contributed by atoms with van der Waals surface area (Å²) < 4.78 is 5.13. The van der Waals surface area contributed by atoms with Crippen LogP contribution >= 0.6 is 11.8 Å². The second-order valence-corrected chi connectivity index (χ2v) is 6.34. The highest BCUT2D eigenvalue weighted by Gasteiger charge is 2.24. The maximum atomic E-state index is 12.6. The molecule has 0 aliphatic carbocycles. The molecule has 0 saturated heterocycles. The standard InChI is InChI=1S/C16H22N4O2S/c1-11-7-5-6-8-12(11)15(20(2)3)16(21)17-9-14-18-13(10-23-4)19-22-14/h5-8,15H,9-10H2,1-4H3,(H,17,21)/t15-/m0/s1. The van der Waals surface area contributed by atoms with E-state index in [1.54, 1.807) is 11.8 Å². The Balaban J connectivity index is 2.05. The van der Waals surface area contributed by atoms with Gasteiger partial charge in [0.05, 0.1) is 12.3 Å². The summed E-state index contributed by atoms with van der Waals surface area (Å²) in [5.74, 6) is 1.67. The Morgan fingerprint density at radius 3 is 2.78 bits per heavy atom. The summed E-state index contributed by atoms with van der Waals surface area (Å²) >= 11 is 1.62. The van der Waals surface area contributed by atoms with Crippen molar-refractivity contribution < 1.29 is 9.32 Å². The minimum Gasteiger partial charge on any atom is -0.345 e. The van der Waals surface area contributed by atoms with E-state index >= 15 is 0 Å². The van der Waals surface area contributed by atoms with E-state index in [1.165, 1.54) is 0 Å². The second-order valence-electron chi connectivity index (χ2n) is 5.48. The fourth-order valence-corrected chi connectivity index (χ4v) is 2.73. The van der Waals surface area contributed by atoms with Crippen LogP contribution in [0.1, 0.15) is 28.9 Å². The molecule has 0 saturated carbocycles. The van der Waals surface area contributed by atoms with Gasteiger partial charge in [0.25, 0.3) is 0 Å². The van der Waals surface area contributed by atoms with E-state index in [4.69, 9.17) is 4.52 Å². The molecule has 1 amide bonds. The lowest BCUT2D eigenvalue weighted by Gasteiger charge is -2.25. The zero-order chi connectivity index (χ0) is 16.8. The van der Waals surface area contributed by atoms with Crippen molar-refractivity contribution in [1.29, 1.82) is 0 Å². The molecule has 1 aromatic heterocycles. The molecule has 2 rings (SSSR count). The summed E-state index contributed by atoms with van der Waals surface area (Å²) in [6.07, 6.45) is 1.97. The molecule has 6 nitrogen and oxygen atoms in total. The van der Waals surface area contributed by atoms with Crippen LogP contribution in [0.15, 0.2) is 28.8 Å². The van der Waals surface area contributed by atoms with Gasteiger partial charge in [0.2, 0.25) is 11.8 Å². The first kappa shape index (κ1) is 17.5. The van der Waals surface area contributed by atoms with E-state index in [-0.39, 0.29) is 18.5 Å². The smallest absolute Gasteiger partial charge is 0.246 e. The summed E-state index contributed by atoms with van der Waals surface area (Å²) in [5.41, 5.74) is 2.07. The number of carbonyl (C=O) groups excluding carboxylic acids is 1. The number of hydrogen-bond acceptors (Lipinski definition) is 6. The van der Waals surface area contributed by atoms with Crippen LogP contribution in [0.5, 0.6) is 0 Å². The van der Waals surface area contributed by atoms with Crippen LogP contribution in [-0.2, 0) is 17.1 Å². The highest BCUT2D eigenvalue weighted by molar-refractivity contribution is 7.97. The van der Waals surface area contributed by atoms with Gasteiger partial charge in [-0.05, 0) is 38.4 Å². The van der Waals surface area contributed by atoms with Crippen molar-refractivity contribution in [2.45, 2.75) is 25.3 Å². The molecule has 1 heterocycles. The number of carbonyl (C=O) groups is 1. The number of nitrogens with one attached hydrogen (secondary N) is 1. The molecular formula is C16H22N4O2S. The first-order chi connectivity index (χ1) is 11.0. The predicted molar refractivity (Wildman–Crippen MR) is 91.0 cm³/mol. The maximum Gasteiger partial charge on any atom is 0.246 e. The molecule has 124 valence electrons. The van der Waals surface area contributed by atoms with E-state index in [1.807, 2.05) is 56.4 Å². The number of thioether (sulfide) groups is 1. The quantitative estimate of drug-likeness (QED) is 0.837. The molecule has 0 radical (unpaired) electrons. The molecule has 2 aromatic rings.